The third-order valence-corrected chi connectivity index (χ3v) is 4.65. The lowest BCUT2D eigenvalue weighted by atomic mass is 10.1. The molecule has 4 rings (SSSR count). The van der Waals surface area contributed by atoms with E-state index in [-0.39, 0.29) is 5.56 Å². The van der Waals surface area contributed by atoms with Crippen LogP contribution in [0.2, 0.25) is 0 Å². The first kappa shape index (κ1) is 15.4. The second-order valence-corrected chi connectivity index (χ2v) is 6.64. The van der Waals surface area contributed by atoms with Crippen LogP contribution in [0.5, 0.6) is 5.75 Å². The second kappa shape index (κ2) is 6.78. The van der Waals surface area contributed by atoms with E-state index < -0.39 is 6.08 Å². The van der Waals surface area contributed by atoms with Crippen LogP contribution in [0.3, 0.4) is 0 Å². The number of hydrogen-bond acceptors (Lipinski definition) is 5. The second-order valence-electron chi connectivity index (χ2n) is 6.64. The molecule has 1 aromatic carbocycles. The van der Waals surface area contributed by atoms with E-state index >= 15 is 0 Å². The van der Waals surface area contributed by atoms with Crippen LogP contribution in [0.4, 0.5) is 5.82 Å². The Bertz CT molecular complexity index is 1020. The van der Waals surface area contributed by atoms with Crippen LogP contribution >= 0.6 is 0 Å². The minimum atomic E-state index is -0.949. The molecule has 2 aromatic heterocycles. The van der Waals surface area contributed by atoms with Crippen molar-refractivity contribution in [1.29, 1.82) is 0 Å². The van der Waals surface area contributed by atoms with E-state index in [0.717, 1.165) is 17.1 Å². The maximum atomic E-state index is 12.0. The number of nitrogens with zero attached hydrogens (tertiary/aromatic N) is 4. The quantitative estimate of drug-likeness (QED) is 0.726. The zero-order valence-electron chi connectivity index (χ0n) is 16.0. The van der Waals surface area contributed by atoms with Crippen LogP contribution in [0.25, 0.3) is 5.65 Å². The molecule has 3 heterocycles. The van der Waals surface area contributed by atoms with Crippen LogP contribution < -0.4 is 15.2 Å². The molecule has 0 amide bonds. The van der Waals surface area contributed by atoms with Gasteiger partial charge >= 0.3 is 0 Å². The summed E-state index contributed by atoms with van der Waals surface area (Å²) in [6, 6.07) is 11.1. The molecule has 0 saturated carbocycles. The predicted octanol–water partition coefficient (Wildman–Crippen LogP) is 2.75. The fourth-order valence-electron chi connectivity index (χ4n) is 3.20. The summed E-state index contributed by atoms with van der Waals surface area (Å²) in [4.78, 5) is 18.4. The van der Waals surface area contributed by atoms with Gasteiger partial charge in [-0.05, 0) is 37.6 Å². The third kappa shape index (κ3) is 3.27. The molecule has 1 aliphatic heterocycles. The normalized spacial score (nSPS) is 17.2. The zero-order chi connectivity index (χ0) is 19.0. The maximum absolute atomic E-state index is 12.0. The lowest BCUT2D eigenvalue weighted by Gasteiger charge is -2.33. The molecule has 0 bridgehead atoms. The Morgan fingerprint density at radius 3 is 2.62 bits per heavy atom. The van der Waals surface area contributed by atoms with Gasteiger partial charge in [0.1, 0.15) is 11.8 Å². The summed E-state index contributed by atoms with van der Waals surface area (Å²) in [6.45, 7) is 5.28. The predicted molar refractivity (Wildman–Crippen MR) is 101 cm³/mol. The van der Waals surface area contributed by atoms with Crippen molar-refractivity contribution in [2.75, 3.05) is 18.0 Å². The van der Waals surface area contributed by atoms with Gasteiger partial charge in [0.05, 0.1) is 1.37 Å². The number of aromatic nitrogens is 3. The fourth-order valence-corrected chi connectivity index (χ4v) is 3.20. The van der Waals surface area contributed by atoms with E-state index in [1.807, 2.05) is 44.2 Å². The van der Waals surface area contributed by atoms with Gasteiger partial charge in [0, 0.05) is 38.2 Å². The fraction of sp³-hybridized carbons (Fsp3) is 0.350. The standard InChI is InChI=1S/C20H22N4O2/c1-14-3-5-16(6-4-14)26-17-8-11-23(12-9-17)20-15(2)13-18-21-10-7-19(25)24(18)22-20/h3-7,10,13,17H,8-9,11-12H2,1-2H3/i17D. The largest absolute Gasteiger partial charge is 0.490 e. The molecule has 0 aliphatic carbocycles. The minimum Gasteiger partial charge on any atom is -0.490 e. The Balaban J connectivity index is 1.52. The lowest BCUT2D eigenvalue weighted by molar-refractivity contribution is 0.170. The van der Waals surface area contributed by atoms with Crippen molar-refractivity contribution in [3.05, 3.63) is 64.1 Å². The molecule has 1 fully saturated rings. The summed E-state index contributed by atoms with van der Waals surface area (Å²) in [6.07, 6.45) is 1.66. The van der Waals surface area contributed by atoms with E-state index in [9.17, 15) is 4.79 Å². The van der Waals surface area contributed by atoms with Crippen LogP contribution in [-0.2, 0) is 0 Å². The Morgan fingerprint density at radius 2 is 1.88 bits per heavy atom. The van der Waals surface area contributed by atoms with E-state index in [0.29, 0.717) is 31.6 Å². The van der Waals surface area contributed by atoms with Crippen LogP contribution in [0.15, 0.2) is 47.4 Å². The average Bonchev–Trinajstić information content (AvgIpc) is 2.64. The summed E-state index contributed by atoms with van der Waals surface area (Å²) in [5.41, 5.74) is 2.47. The van der Waals surface area contributed by atoms with Crippen molar-refractivity contribution >= 4 is 11.5 Å². The smallest absolute Gasteiger partial charge is 0.274 e. The third-order valence-electron chi connectivity index (χ3n) is 4.65. The van der Waals surface area contributed by atoms with E-state index in [1.165, 1.54) is 22.3 Å². The van der Waals surface area contributed by atoms with Gasteiger partial charge < -0.3 is 9.64 Å². The average molecular weight is 351 g/mol. The monoisotopic (exact) mass is 351 g/mol. The minimum absolute atomic E-state index is 0.198. The topological polar surface area (TPSA) is 59.7 Å². The number of anilines is 1. The van der Waals surface area contributed by atoms with E-state index in [2.05, 4.69) is 15.0 Å². The summed E-state index contributed by atoms with van der Waals surface area (Å²) in [7, 11) is 0. The van der Waals surface area contributed by atoms with Crippen molar-refractivity contribution in [3.8, 4) is 5.75 Å². The highest BCUT2D eigenvalue weighted by Gasteiger charge is 2.23. The number of aryl methyl sites for hydroxylation is 2. The molecule has 0 unspecified atom stereocenters. The van der Waals surface area contributed by atoms with Gasteiger partial charge in [-0.3, -0.25) is 4.79 Å². The summed E-state index contributed by atoms with van der Waals surface area (Å²) >= 11 is 0. The SMILES string of the molecule is [2H]C1(Oc2ccc(C)cc2)CCN(c2nn3c(=O)ccnc3cc2C)CC1. The molecule has 0 radical (unpaired) electrons. The highest BCUT2D eigenvalue weighted by atomic mass is 16.5. The molecular weight excluding hydrogens is 328 g/mol. The molecule has 0 atom stereocenters. The number of fused-ring (bicyclic) bond motifs is 1. The van der Waals surface area contributed by atoms with Gasteiger partial charge in [-0.1, -0.05) is 17.7 Å². The number of rotatable bonds is 3. The first-order valence-electron chi connectivity index (χ1n) is 9.30. The van der Waals surface area contributed by atoms with Crippen molar-refractivity contribution in [2.24, 2.45) is 0 Å². The van der Waals surface area contributed by atoms with Crippen molar-refractivity contribution in [2.45, 2.75) is 32.8 Å². The van der Waals surface area contributed by atoms with Crippen LogP contribution in [0.1, 0.15) is 25.3 Å². The zero-order valence-corrected chi connectivity index (χ0v) is 15.0. The van der Waals surface area contributed by atoms with E-state index in [4.69, 9.17) is 6.11 Å². The summed E-state index contributed by atoms with van der Waals surface area (Å²) in [5, 5.41) is 4.50. The van der Waals surface area contributed by atoms with Crippen molar-refractivity contribution in [3.63, 3.8) is 0 Å². The Hall–Kier alpha value is -2.89. The van der Waals surface area contributed by atoms with Gasteiger partial charge in [0.2, 0.25) is 0 Å². The lowest BCUT2D eigenvalue weighted by Crippen LogP contribution is -2.39. The van der Waals surface area contributed by atoms with Gasteiger partial charge in [-0.15, -0.1) is 5.10 Å². The molecule has 134 valence electrons. The molecule has 6 heteroatoms. The summed E-state index contributed by atoms with van der Waals surface area (Å²) in [5.74, 6) is 1.48. The summed E-state index contributed by atoms with van der Waals surface area (Å²) < 4.78 is 15.9. The molecule has 6 nitrogen and oxygen atoms in total. The molecule has 0 spiro atoms. The molecule has 26 heavy (non-hydrogen) atoms. The van der Waals surface area contributed by atoms with Crippen molar-refractivity contribution < 1.29 is 6.11 Å². The van der Waals surface area contributed by atoms with Crippen molar-refractivity contribution in [1.82, 2.24) is 14.6 Å². The Morgan fingerprint density at radius 1 is 1.15 bits per heavy atom. The van der Waals surface area contributed by atoms with Crippen LogP contribution in [0, 0.1) is 13.8 Å². The first-order chi connectivity index (χ1) is 12.9. The molecule has 1 saturated heterocycles. The number of hydrogen-bond donors (Lipinski definition) is 0. The molecule has 3 aromatic rings. The Labute approximate surface area is 153 Å². The molecular formula is C20H22N4O2. The first-order valence-corrected chi connectivity index (χ1v) is 8.80. The van der Waals surface area contributed by atoms with Gasteiger partial charge in [0.25, 0.3) is 5.56 Å². The Kier molecular flexibility index (Phi) is 4.01. The van der Waals surface area contributed by atoms with Crippen LogP contribution in [-0.4, -0.2) is 33.8 Å². The van der Waals surface area contributed by atoms with Gasteiger partial charge in [0.15, 0.2) is 11.5 Å². The number of benzene rings is 1. The number of piperidine rings is 1. The highest BCUT2D eigenvalue weighted by molar-refractivity contribution is 5.52. The molecule has 1 aliphatic rings. The van der Waals surface area contributed by atoms with Gasteiger partial charge in [-0.25, -0.2) is 4.98 Å². The number of ether oxygens (including phenoxy) is 1. The van der Waals surface area contributed by atoms with E-state index in [1.54, 1.807) is 0 Å². The van der Waals surface area contributed by atoms with Gasteiger partial charge in [-0.2, -0.15) is 4.52 Å². The highest BCUT2D eigenvalue weighted by Crippen LogP contribution is 2.24. The maximum Gasteiger partial charge on any atom is 0.274 e. The molecule has 0 N–H and O–H groups in total.